The summed E-state index contributed by atoms with van der Waals surface area (Å²) < 4.78 is 0. The summed E-state index contributed by atoms with van der Waals surface area (Å²) in [6.45, 7) is 5.35. The van der Waals surface area contributed by atoms with E-state index < -0.39 is 0 Å². The third-order valence-corrected chi connectivity index (χ3v) is 3.01. The molecular formula is C11H22N2O. The maximum Gasteiger partial charge on any atom is 0.233 e. The van der Waals surface area contributed by atoms with Gasteiger partial charge in [0.15, 0.2) is 0 Å². The van der Waals surface area contributed by atoms with E-state index in [1.807, 2.05) is 6.92 Å². The van der Waals surface area contributed by atoms with Gasteiger partial charge in [-0.3, -0.25) is 4.79 Å². The Morgan fingerprint density at radius 3 is 2.50 bits per heavy atom. The van der Waals surface area contributed by atoms with Crippen molar-refractivity contribution in [1.82, 2.24) is 10.6 Å². The molecule has 0 aromatic carbocycles. The van der Waals surface area contributed by atoms with Gasteiger partial charge in [0.25, 0.3) is 0 Å². The zero-order valence-electron chi connectivity index (χ0n) is 9.36. The van der Waals surface area contributed by atoms with Gasteiger partial charge in [-0.25, -0.2) is 0 Å². The molecule has 2 N–H and O–H groups in total. The summed E-state index contributed by atoms with van der Waals surface area (Å²) in [7, 11) is 0. The number of likely N-dealkylation sites (N-methyl/N-ethyl adjacent to an activating group) is 1. The summed E-state index contributed by atoms with van der Waals surface area (Å²) >= 11 is 0. The lowest BCUT2D eigenvalue weighted by molar-refractivity contribution is -0.120. The predicted octanol–water partition coefficient (Wildman–Crippen LogP) is 1.43. The lowest BCUT2D eigenvalue weighted by Gasteiger charge is -2.34. The van der Waals surface area contributed by atoms with Crippen molar-refractivity contribution < 1.29 is 4.79 Å². The van der Waals surface area contributed by atoms with Gasteiger partial charge in [0.2, 0.25) is 5.91 Å². The van der Waals surface area contributed by atoms with Crippen molar-refractivity contribution in [1.29, 1.82) is 0 Å². The zero-order chi connectivity index (χ0) is 10.4. The molecule has 3 heteroatoms. The molecule has 1 aliphatic rings. The third-order valence-electron chi connectivity index (χ3n) is 3.01. The minimum atomic E-state index is 0.110. The van der Waals surface area contributed by atoms with Gasteiger partial charge >= 0.3 is 0 Å². The quantitative estimate of drug-likeness (QED) is 0.717. The van der Waals surface area contributed by atoms with Crippen molar-refractivity contribution in [3.05, 3.63) is 0 Å². The van der Waals surface area contributed by atoms with Crippen molar-refractivity contribution in [3.8, 4) is 0 Å². The summed E-state index contributed by atoms with van der Waals surface area (Å²) in [5, 5.41) is 6.17. The van der Waals surface area contributed by atoms with E-state index in [1.165, 1.54) is 32.1 Å². The van der Waals surface area contributed by atoms with Gasteiger partial charge in [-0.1, -0.05) is 19.3 Å². The minimum absolute atomic E-state index is 0.110. The first kappa shape index (κ1) is 11.5. The maximum atomic E-state index is 11.3. The number of amides is 1. The first-order valence-corrected chi connectivity index (χ1v) is 5.68. The maximum absolute atomic E-state index is 11.3. The summed E-state index contributed by atoms with van der Waals surface area (Å²) in [4.78, 5) is 11.3. The SMILES string of the molecule is CCNC(=O)CNC1(C)CCCCC1. The molecule has 3 nitrogen and oxygen atoms in total. The van der Waals surface area contributed by atoms with Crippen LogP contribution in [-0.4, -0.2) is 24.5 Å². The highest BCUT2D eigenvalue weighted by Gasteiger charge is 2.26. The number of carbonyl (C=O) groups excluding carboxylic acids is 1. The van der Waals surface area contributed by atoms with Crippen LogP contribution in [0.1, 0.15) is 46.0 Å². The molecule has 1 rings (SSSR count). The van der Waals surface area contributed by atoms with Crippen LogP contribution in [-0.2, 0) is 4.79 Å². The van der Waals surface area contributed by atoms with Gasteiger partial charge in [-0.2, -0.15) is 0 Å². The minimum Gasteiger partial charge on any atom is -0.355 e. The van der Waals surface area contributed by atoms with Crippen LogP contribution in [0.5, 0.6) is 0 Å². The molecule has 0 saturated heterocycles. The van der Waals surface area contributed by atoms with Gasteiger partial charge in [0.05, 0.1) is 6.54 Å². The molecule has 0 bridgehead atoms. The van der Waals surface area contributed by atoms with E-state index in [4.69, 9.17) is 0 Å². The summed E-state index contributed by atoms with van der Waals surface area (Å²) in [5.74, 6) is 0.110. The van der Waals surface area contributed by atoms with Crippen LogP contribution in [0.3, 0.4) is 0 Å². The normalized spacial score (nSPS) is 20.4. The fraction of sp³-hybridized carbons (Fsp3) is 0.909. The smallest absolute Gasteiger partial charge is 0.233 e. The molecule has 1 aliphatic carbocycles. The van der Waals surface area contributed by atoms with Gasteiger partial charge in [-0.15, -0.1) is 0 Å². The van der Waals surface area contributed by atoms with E-state index in [1.54, 1.807) is 0 Å². The third kappa shape index (κ3) is 3.66. The van der Waals surface area contributed by atoms with Crippen molar-refractivity contribution in [2.75, 3.05) is 13.1 Å². The molecule has 1 fully saturated rings. The van der Waals surface area contributed by atoms with Crippen LogP contribution in [0.25, 0.3) is 0 Å². The monoisotopic (exact) mass is 198 g/mol. The van der Waals surface area contributed by atoms with E-state index in [9.17, 15) is 4.79 Å². The number of hydrogen-bond acceptors (Lipinski definition) is 2. The Balaban J connectivity index is 2.24. The van der Waals surface area contributed by atoms with Gasteiger partial charge < -0.3 is 10.6 Å². The predicted molar refractivity (Wildman–Crippen MR) is 58.2 cm³/mol. The average molecular weight is 198 g/mol. The van der Waals surface area contributed by atoms with Crippen LogP contribution in [0.2, 0.25) is 0 Å². The first-order chi connectivity index (χ1) is 6.66. The molecule has 14 heavy (non-hydrogen) atoms. The average Bonchev–Trinajstić information content (AvgIpc) is 2.17. The largest absolute Gasteiger partial charge is 0.355 e. The highest BCUT2D eigenvalue weighted by atomic mass is 16.1. The van der Waals surface area contributed by atoms with E-state index >= 15 is 0 Å². The molecule has 1 amide bonds. The Bertz CT molecular complexity index is 186. The van der Waals surface area contributed by atoms with Crippen LogP contribution in [0.15, 0.2) is 0 Å². The number of rotatable bonds is 4. The fourth-order valence-electron chi connectivity index (χ4n) is 2.06. The standard InChI is InChI=1S/C11H22N2O/c1-3-12-10(14)9-13-11(2)7-5-4-6-8-11/h13H,3-9H2,1-2H3,(H,12,14). The van der Waals surface area contributed by atoms with Crippen molar-refractivity contribution in [2.45, 2.75) is 51.5 Å². The lowest BCUT2D eigenvalue weighted by atomic mass is 9.83. The lowest BCUT2D eigenvalue weighted by Crippen LogP contribution is -2.48. The van der Waals surface area contributed by atoms with E-state index in [0.29, 0.717) is 6.54 Å². The van der Waals surface area contributed by atoms with Crippen LogP contribution in [0.4, 0.5) is 0 Å². The van der Waals surface area contributed by atoms with Gasteiger partial charge in [0, 0.05) is 12.1 Å². The van der Waals surface area contributed by atoms with Crippen LogP contribution >= 0.6 is 0 Å². The Morgan fingerprint density at radius 1 is 1.29 bits per heavy atom. The molecule has 0 aromatic rings. The molecule has 0 radical (unpaired) electrons. The van der Waals surface area contributed by atoms with E-state index in [0.717, 1.165) is 6.54 Å². The molecule has 1 saturated carbocycles. The number of nitrogens with one attached hydrogen (secondary N) is 2. The first-order valence-electron chi connectivity index (χ1n) is 5.68. The molecule has 0 aliphatic heterocycles. The van der Waals surface area contributed by atoms with Crippen molar-refractivity contribution in [2.24, 2.45) is 0 Å². The molecule has 0 heterocycles. The van der Waals surface area contributed by atoms with Crippen molar-refractivity contribution in [3.63, 3.8) is 0 Å². The van der Waals surface area contributed by atoms with E-state index in [-0.39, 0.29) is 11.4 Å². The highest BCUT2D eigenvalue weighted by molar-refractivity contribution is 5.77. The number of carbonyl (C=O) groups is 1. The van der Waals surface area contributed by atoms with Gasteiger partial charge in [0.1, 0.15) is 0 Å². The fourth-order valence-corrected chi connectivity index (χ4v) is 2.06. The summed E-state index contributed by atoms with van der Waals surface area (Å²) in [6.07, 6.45) is 6.33. The Labute approximate surface area is 86.6 Å². The second kappa shape index (κ2) is 5.35. The van der Waals surface area contributed by atoms with Crippen LogP contribution in [0, 0.1) is 0 Å². The molecule has 0 aromatic heterocycles. The second-order valence-corrected chi connectivity index (χ2v) is 4.43. The Kier molecular flexibility index (Phi) is 4.39. The Hall–Kier alpha value is -0.570. The second-order valence-electron chi connectivity index (χ2n) is 4.43. The summed E-state index contributed by atoms with van der Waals surface area (Å²) in [6, 6.07) is 0. The molecule has 0 unspecified atom stereocenters. The van der Waals surface area contributed by atoms with Crippen LogP contribution < -0.4 is 10.6 Å². The van der Waals surface area contributed by atoms with Crippen molar-refractivity contribution >= 4 is 5.91 Å². The molecule has 82 valence electrons. The number of hydrogen-bond donors (Lipinski definition) is 2. The van der Waals surface area contributed by atoms with Gasteiger partial charge in [-0.05, 0) is 26.7 Å². The molecular weight excluding hydrogens is 176 g/mol. The highest BCUT2D eigenvalue weighted by Crippen LogP contribution is 2.27. The summed E-state index contributed by atoms with van der Waals surface area (Å²) in [5.41, 5.74) is 0.198. The topological polar surface area (TPSA) is 41.1 Å². The molecule has 0 atom stereocenters. The Morgan fingerprint density at radius 2 is 1.93 bits per heavy atom. The molecule has 0 spiro atoms. The zero-order valence-corrected chi connectivity index (χ0v) is 9.36. The van der Waals surface area contributed by atoms with E-state index in [2.05, 4.69) is 17.6 Å².